The van der Waals surface area contributed by atoms with Crippen molar-refractivity contribution >= 4 is 35.4 Å². The van der Waals surface area contributed by atoms with Crippen LogP contribution in [0.2, 0.25) is 0 Å². The molecule has 8 nitrogen and oxygen atoms in total. The predicted octanol–water partition coefficient (Wildman–Crippen LogP) is 0.717. The Labute approximate surface area is 140 Å². The number of thioether (sulfide) groups is 1. The van der Waals surface area contributed by atoms with Crippen molar-refractivity contribution < 1.29 is 19.1 Å². The number of rotatable bonds is 3. The van der Waals surface area contributed by atoms with E-state index in [0.717, 1.165) is 24.6 Å². The number of carbonyl (C=O) groups excluding carboxylic acids is 2. The summed E-state index contributed by atoms with van der Waals surface area (Å²) < 4.78 is 19.4. The Bertz CT molecular complexity index is 691. The van der Waals surface area contributed by atoms with Crippen molar-refractivity contribution in [1.29, 1.82) is 5.26 Å². The standard InChI is InChI=1S/C13H12N4O4S2/c14-3-6-22-10-9(15-23-16-10)8-7-1-4-17(5-2-7)13(8)20-11(18)12(19)21-13/h7-8H,1-2,4-6H2. The zero-order valence-corrected chi connectivity index (χ0v) is 13.6. The third-order valence-corrected chi connectivity index (χ3v) is 6.04. The molecule has 1 atom stereocenters. The molecule has 4 aliphatic rings. The average molecular weight is 352 g/mol. The Hall–Kier alpha value is -1.70. The maximum Gasteiger partial charge on any atom is 0.421 e. The fraction of sp³-hybridized carbons (Fsp3) is 0.615. The van der Waals surface area contributed by atoms with Crippen LogP contribution < -0.4 is 0 Å². The average Bonchev–Trinajstić information content (AvgIpc) is 3.12. The van der Waals surface area contributed by atoms with E-state index in [1.54, 1.807) is 0 Å². The van der Waals surface area contributed by atoms with E-state index in [9.17, 15) is 9.59 Å². The number of nitriles is 1. The van der Waals surface area contributed by atoms with Gasteiger partial charge in [0.15, 0.2) is 0 Å². The number of hydrogen-bond acceptors (Lipinski definition) is 10. The van der Waals surface area contributed by atoms with Gasteiger partial charge in [-0.15, -0.1) is 0 Å². The first-order valence-electron chi connectivity index (χ1n) is 7.19. The largest absolute Gasteiger partial charge is 0.421 e. The Morgan fingerprint density at radius 1 is 1.30 bits per heavy atom. The number of hydrogen-bond donors (Lipinski definition) is 0. The Morgan fingerprint density at radius 3 is 2.65 bits per heavy atom. The van der Waals surface area contributed by atoms with Crippen LogP contribution in [0.25, 0.3) is 0 Å². The van der Waals surface area contributed by atoms with E-state index in [2.05, 4.69) is 14.8 Å². The minimum absolute atomic E-state index is 0.198. The van der Waals surface area contributed by atoms with Gasteiger partial charge in [-0.05, 0) is 18.8 Å². The van der Waals surface area contributed by atoms with Gasteiger partial charge in [0.05, 0.1) is 23.6 Å². The molecule has 0 saturated carbocycles. The Kier molecular flexibility index (Phi) is 3.51. The minimum atomic E-state index is -1.40. The van der Waals surface area contributed by atoms with Gasteiger partial charge in [0.2, 0.25) is 0 Å². The highest BCUT2D eigenvalue weighted by atomic mass is 32.2. The third-order valence-electron chi connectivity index (χ3n) is 4.54. The summed E-state index contributed by atoms with van der Waals surface area (Å²) in [5.74, 6) is -3.22. The van der Waals surface area contributed by atoms with Gasteiger partial charge in [-0.2, -0.15) is 14.0 Å². The molecule has 10 heteroatoms. The molecule has 2 bridgehead atoms. The lowest BCUT2D eigenvalue weighted by atomic mass is 9.74. The van der Waals surface area contributed by atoms with Crippen molar-refractivity contribution in [2.24, 2.45) is 5.92 Å². The summed E-state index contributed by atoms with van der Waals surface area (Å²) in [5.41, 5.74) is 0.659. The van der Waals surface area contributed by atoms with Crippen molar-refractivity contribution in [3.05, 3.63) is 5.69 Å². The Balaban J connectivity index is 1.76. The van der Waals surface area contributed by atoms with Crippen LogP contribution in [0.15, 0.2) is 5.03 Å². The van der Waals surface area contributed by atoms with Crippen LogP contribution in [0.4, 0.5) is 0 Å². The maximum atomic E-state index is 11.7. The van der Waals surface area contributed by atoms with Crippen molar-refractivity contribution in [1.82, 2.24) is 13.6 Å². The molecule has 4 saturated heterocycles. The van der Waals surface area contributed by atoms with Crippen LogP contribution >= 0.6 is 23.5 Å². The highest BCUT2D eigenvalue weighted by Gasteiger charge is 2.65. The highest BCUT2D eigenvalue weighted by Crippen LogP contribution is 2.53. The number of piperidine rings is 3. The van der Waals surface area contributed by atoms with Gasteiger partial charge in [-0.25, -0.2) is 14.5 Å². The molecule has 0 N–H and O–H groups in total. The minimum Gasteiger partial charge on any atom is -0.399 e. The van der Waals surface area contributed by atoms with E-state index >= 15 is 0 Å². The van der Waals surface area contributed by atoms with E-state index in [0.29, 0.717) is 23.8 Å². The number of esters is 2. The van der Waals surface area contributed by atoms with Crippen LogP contribution in [-0.2, 0) is 19.1 Å². The number of nitrogens with zero attached hydrogens (tertiary/aromatic N) is 4. The fourth-order valence-corrected chi connectivity index (χ4v) is 5.03. The lowest BCUT2D eigenvalue weighted by Gasteiger charge is -2.53. The summed E-state index contributed by atoms with van der Waals surface area (Å²) in [4.78, 5) is 25.3. The zero-order chi connectivity index (χ0) is 16.0. The van der Waals surface area contributed by atoms with E-state index < -0.39 is 17.8 Å². The second-order valence-electron chi connectivity index (χ2n) is 5.61. The van der Waals surface area contributed by atoms with Crippen molar-refractivity contribution in [2.75, 3.05) is 18.8 Å². The molecule has 1 aromatic heterocycles. The van der Waals surface area contributed by atoms with E-state index in [1.807, 2.05) is 4.90 Å². The van der Waals surface area contributed by atoms with Gasteiger partial charge in [0.1, 0.15) is 16.6 Å². The SMILES string of the molecule is N#CCSc1nsnc1C1C2CCN(CC2)C12OC(=O)C(=O)O2. The smallest absolute Gasteiger partial charge is 0.399 e. The van der Waals surface area contributed by atoms with Crippen molar-refractivity contribution in [2.45, 2.75) is 29.7 Å². The van der Waals surface area contributed by atoms with Gasteiger partial charge < -0.3 is 9.47 Å². The predicted molar refractivity (Wildman–Crippen MR) is 78.2 cm³/mol. The molecule has 4 fully saturated rings. The molecule has 23 heavy (non-hydrogen) atoms. The first-order valence-corrected chi connectivity index (χ1v) is 8.91. The quantitative estimate of drug-likeness (QED) is 0.442. The number of carbonyl (C=O) groups is 2. The summed E-state index contributed by atoms with van der Waals surface area (Å²) in [6.45, 7) is 1.42. The van der Waals surface area contributed by atoms with E-state index in [1.165, 1.54) is 11.8 Å². The molecule has 0 aromatic carbocycles. The molecular weight excluding hydrogens is 340 g/mol. The lowest BCUT2D eigenvalue weighted by Crippen LogP contribution is -2.64. The van der Waals surface area contributed by atoms with Gasteiger partial charge >= 0.3 is 17.8 Å². The van der Waals surface area contributed by atoms with Gasteiger partial charge in [0, 0.05) is 13.1 Å². The topological polar surface area (TPSA) is 105 Å². The maximum absolute atomic E-state index is 11.7. The van der Waals surface area contributed by atoms with Gasteiger partial charge in [-0.3, -0.25) is 0 Å². The summed E-state index contributed by atoms with van der Waals surface area (Å²) >= 11 is 2.35. The summed E-state index contributed by atoms with van der Waals surface area (Å²) in [5, 5.41) is 9.43. The number of ether oxygens (including phenoxy) is 2. The Morgan fingerprint density at radius 2 is 2.00 bits per heavy atom. The van der Waals surface area contributed by atoms with Crippen LogP contribution in [0, 0.1) is 17.2 Å². The fourth-order valence-electron chi connectivity index (χ4n) is 3.64. The van der Waals surface area contributed by atoms with E-state index in [4.69, 9.17) is 14.7 Å². The van der Waals surface area contributed by atoms with Crippen molar-refractivity contribution in [3.63, 3.8) is 0 Å². The molecular formula is C13H12N4O4S2. The molecule has 5 rings (SSSR count). The van der Waals surface area contributed by atoms with Crippen molar-refractivity contribution in [3.8, 4) is 6.07 Å². The molecule has 0 aliphatic carbocycles. The second-order valence-corrected chi connectivity index (χ2v) is 7.11. The van der Waals surface area contributed by atoms with Gasteiger partial charge in [-0.1, -0.05) is 11.8 Å². The first-order chi connectivity index (χ1) is 11.2. The second kappa shape index (κ2) is 5.43. The van der Waals surface area contributed by atoms with Crippen LogP contribution in [0.5, 0.6) is 0 Å². The molecule has 0 radical (unpaired) electrons. The van der Waals surface area contributed by atoms with Crippen LogP contribution in [-0.4, -0.2) is 50.3 Å². The molecule has 1 aromatic rings. The molecule has 4 aliphatic heterocycles. The van der Waals surface area contributed by atoms with Gasteiger partial charge in [0.25, 0.3) is 0 Å². The summed E-state index contributed by atoms with van der Waals surface area (Å²) in [6, 6.07) is 2.06. The first kappa shape index (κ1) is 14.9. The number of fused-ring (bicyclic) bond motifs is 2. The summed E-state index contributed by atoms with van der Waals surface area (Å²) in [6.07, 6.45) is 1.84. The lowest BCUT2D eigenvalue weighted by molar-refractivity contribution is -0.300. The normalized spacial score (nSPS) is 31.0. The highest BCUT2D eigenvalue weighted by molar-refractivity contribution is 7.99. The molecule has 120 valence electrons. The van der Waals surface area contributed by atoms with Crippen LogP contribution in [0.1, 0.15) is 24.5 Å². The molecule has 1 spiro atoms. The molecule has 5 heterocycles. The number of aromatic nitrogens is 2. The van der Waals surface area contributed by atoms with E-state index in [-0.39, 0.29) is 17.6 Å². The van der Waals surface area contributed by atoms with Crippen LogP contribution in [0.3, 0.4) is 0 Å². The third kappa shape index (κ3) is 2.14. The molecule has 0 amide bonds. The monoisotopic (exact) mass is 352 g/mol. The summed E-state index contributed by atoms with van der Waals surface area (Å²) in [7, 11) is 0. The molecule has 1 unspecified atom stereocenters. The zero-order valence-electron chi connectivity index (χ0n) is 11.9.